The van der Waals surface area contributed by atoms with Crippen LogP contribution in [0.15, 0.2) is 18.2 Å². The summed E-state index contributed by atoms with van der Waals surface area (Å²) in [4.78, 5) is 24.1. The zero-order chi connectivity index (χ0) is 14.7. The van der Waals surface area contributed by atoms with Crippen LogP contribution in [0, 0.1) is 6.92 Å². The van der Waals surface area contributed by atoms with Gasteiger partial charge in [-0.1, -0.05) is 17.2 Å². The highest BCUT2D eigenvalue weighted by Crippen LogP contribution is 2.19. The summed E-state index contributed by atoms with van der Waals surface area (Å²) in [6, 6.07) is 4.15. The molecule has 1 heterocycles. The molecule has 0 saturated heterocycles. The lowest BCUT2D eigenvalue weighted by molar-refractivity contribution is 0.0697. The summed E-state index contributed by atoms with van der Waals surface area (Å²) < 4.78 is 0. The molecule has 2 amide bonds. The average molecular weight is 276 g/mol. The van der Waals surface area contributed by atoms with Crippen molar-refractivity contribution in [2.45, 2.75) is 6.92 Å². The molecule has 9 nitrogen and oxygen atoms in total. The number of anilines is 2. The van der Waals surface area contributed by atoms with E-state index in [1.54, 1.807) is 26.1 Å². The van der Waals surface area contributed by atoms with Gasteiger partial charge in [0.2, 0.25) is 0 Å². The maximum Gasteiger partial charge on any atom is 0.338 e. The zero-order valence-corrected chi connectivity index (χ0v) is 10.8. The van der Waals surface area contributed by atoms with Gasteiger partial charge in [-0.3, -0.25) is 5.32 Å². The van der Waals surface area contributed by atoms with Crippen molar-refractivity contribution >= 4 is 23.6 Å². The lowest BCUT2D eigenvalue weighted by Gasteiger charge is -2.10. The number of benzene rings is 1. The highest BCUT2D eigenvalue weighted by molar-refractivity contribution is 6.04. The van der Waals surface area contributed by atoms with Crippen LogP contribution in [0.1, 0.15) is 15.9 Å². The summed E-state index contributed by atoms with van der Waals surface area (Å²) in [7, 11) is 1.55. The Kier molecular flexibility index (Phi) is 3.60. The first kappa shape index (κ1) is 13.5. The number of carbonyl (C=O) groups is 2. The second-order valence-corrected chi connectivity index (χ2v) is 3.98. The minimum absolute atomic E-state index is 0.0227. The molecule has 0 radical (unpaired) electrons. The molecule has 0 aliphatic heterocycles. The van der Waals surface area contributed by atoms with Crippen LogP contribution in [-0.4, -0.2) is 37.3 Å². The molecule has 0 spiro atoms. The number of nitrogens with zero attached hydrogens (tertiary/aromatic N) is 4. The van der Waals surface area contributed by atoms with Crippen molar-refractivity contribution in [1.29, 1.82) is 0 Å². The Hall–Kier alpha value is -2.97. The van der Waals surface area contributed by atoms with Crippen molar-refractivity contribution < 1.29 is 14.7 Å². The smallest absolute Gasteiger partial charge is 0.338 e. The molecule has 0 fully saturated rings. The van der Waals surface area contributed by atoms with Gasteiger partial charge in [0.25, 0.3) is 5.95 Å². The molecular formula is C11H12N6O3. The number of carboxylic acids is 1. The van der Waals surface area contributed by atoms with Crippen LogP contribution in [-0.2, 0) is 7.05 Å². The van der Waals surface area contributed by atoms with E-state index < -0.39 is 12.0 Å². The minimum Gasteiger partial charge on any atom is -0.478 e. The van der Waals surface area contributed by atoms with E-state index in [1.165, 1.54) is 10.9 Å². The van der Waals surface area contributed by atoms with Gasteiger partial charge in [0.15, 0.2) is 0 Å². The highest BCUT2D eigenvalue weighted by atomic mass is 16.4. The number of hydrogen-bond acceptors (Lipinski definition) is 5. The fourth-order valence-electron chi connectivity index (χ4n) is 1.65. The molecule has 104 valence electrons. The Morgan fingerprint density at radius 3 is 2.65 bits per heavy atom. The van der Waals surface area contributed by atoms with Crippen molar-refractivity contribution in [1.82, 2.24) is 20.2 Å². The van der Waals surface area contributed by atoms with Gasteiger partial charge < -0.3 is 10.4 Å². The maximum atomic E-state index is 11.7. The molecule has 2 aromatic rings. The van der Waals surface area contributed by atoms with E-state index in [1.807, 2.05) is 0 Å². The fraction of sp³-hybridized carbons (Fsp3) is 0.182. The van der Waals surface area contributed by atoms with Gasteiger partial charge in [0.1, 0.15) is 0 Å². The Balaban J connectivity index is 2.16. The van der Waals surface area contributed by atoms with Gasteiger partial charge in [-0.2, -0.15) is 4.80 Å². The minimum atomic E-state index is -1.11. The third kappa shape index (κ3) is 2.88. The van der Waals surface area contributed by atoms with Crippen molar-refractivity contribution in [2.75, 3.05) is 10.6 Å². The number of nitrogens with one attached hydrogen (secondary N) is 2. The average Bonchev–Trinajstić information content (AvgIpc) is 2.74. The second kappa shape index (κ2) is 5.34. The number of amides is 2. The van der Waals surface area contributed by atoms with E-state index in [4.69, 9.17) is 5.11 Å². The normalized spacial score (nSPS) is 10.1. The van der Waals surface area contributed by atoms with Crippen LogP contribution < -0.4 is 10.6 Å². The molecule has 2 rings (SSSR count). The zero-order valence-electron chi connectivity index (χ0n) is 10.8. The SMILES string of the molecule is Cc1cccc(NC(=O)Nc2nnn(C)n2)c1C(=O)O. The first-order chi connectivity index (χ1) is 9.47. The lowest BCUT2D eigenvalue weighted by atomic mass is 10.1. The summed E-state index contributed by atoms with van der Waals surface area (Å²) in [5, 5.41) is 24.8. The summed E-state index contributed by atoms with van der Waals surface area (Å²) >= 11 is 0. The van der Waals surface area contributed by atoms with Gasteiger partial charge in [-0.15, -0.1) is 5.10 Å². The fourth-order valence-corrected chi connectivity index (χ4v) is 1.65. The van der Waals surface area contributed by atoms with Gasteiger partial charge >= 0.3 is 12.0 Å². The van der Waals surface area contributed by atoms with E-state index in [0.29, 0.717) is 5.56 Å². The molecule has 9 heteroatoms. The molecule has 0 aliphatic carbocycles. The number of aromatic carboxylic acids is 1. The van der Waals surface area contributed by atoms with Crippen LogP contribution in [0.2, 0.25) is 0 Å². The van der Waals surface area contributed by atoms with E-state index >= 15 is 0 Å². The van der Waals surface area contributed by atoms with Crippen LogP contribution in [0.25, 0.3) is 0 Å². The molecule has 0 aliphatic rings. The monoisotopic (exact) mass is 276 g/mol. The van der Waals surface area contributed by atoms with Crippen molar-refractivity contribution in [3.05, 3.63) is 29.3 Å². The molecule has 1 aromatic carbocycles. The molecule has 3 N–H and O–H groups in total. The quantitative estimate of drug-likeness (QED) is 0.764. The van der Waals surface area contributed by atoms with Crippen molar-refractivity contribution in [3.63, 3.8) is 0 Å². The molecule has 1 aromatic heterocycles. The van der Waals surface area contributed by atoms with Gasteiger partial charge in [0.05, 0.1) is 18.3 Å². The lowest BCUT2D eigenvalue weighted by Crippen LogP contribution is -2.22. The Labute approximate surface area is 113 Å². The van der Waals surface area contributed by atoms with E-state index in [-0.39, 0.29) is 17.2 Å². The summed E-state index contributed by atoms with van der Waals surface area (Å²) in [5.41, 5.74) is 0.779. The van der Waals surface area contributed by atoms with Crippen LogP contribution in [0.3, 0.4) is 0 Å². The number of carbonyl (C=O) groups excluding carboxylic acids is 1. The standard InChI is InChI=1S/C11H12N6O3/c1-6-4-3-5-7(8(6)9(18)19)12-11(20)13-10-14-16-17(2)15-10/h3-5H,1-2H3,(H,18,19)(H2,12,13,15,20). The molecule has 0 atom stereocenters. The summed E-state index contributed by atoms with van der Waals surface area (Å²) in [6.07, 6.45) is 0. The molecule has 0 bridgehead atoms. The number of aryl methyl sites for hydroxylation is 2. The van der Waals surface area contributed by atoms with E-state index in [9.17, 15) is 9.59 Å². The predicted molar refractivity (Wildman–Crippen MR) is 69.6 cm³/mol. The van der Waals surface area contributed by atoms with Crippen LogP contribution in [0.5, 0.6) is 0 Å². The number of aromatic nitrogens is 4. The maximum absolute atomic E-state index is 11.7. The molecule has 0 saturated carbocycles. The third-order valence-electron chi connectivity index (χ3n) is 2.47. The number of urea groups is 1. The van der Waals surface area contributed by atoms with Crippen LogP contribution >= 0.6 is 0 Å². The number of tetrazole rings is 1. The highest BCUT2D eigenvalue weighted by Gasteiger charge is 2.15. The Bertz CT molecular complexity index is 666. The molecule has 20 heavy (non-hydrogen) atoms. The number of hydrogen-bond donors (Lipinski definition) is 3. The second-order valence-electron chi connectivity index (χ2n) is 3.98. The van der Waals surface area contributed by atoms with Crippen molar-refractivity contribution in [2.24, 2.45) is 7.05 Å². The molecule has 0 unspecified atom stereocenters. The van der Waals surface area contributed by atoms with Gasteiger partial charge in [-0.25, -0.2) is 9.59 Å². The summed E-state index contributed by atoms with van der Waals surface area (Å²) in [6.45, 7) is 1.65. The predicted octanol–water partition coefficient (Wildman–Crippen LogP) is 0.861. The third-order valence-corrected chi connectivity index (χ3v) is 2.47. The largest absolute Gasteiger partial charge is 0.478 e. The molecular weight excluding hydrogens is 264 g/mol. The van der Waals surface area contributed by atoms with Gasteiger partial charge in [0, 0.05) is 0 Å². The van der Waals surface area contributed by atoms with Gasteiger partial charge in [-0.05, 0) is 23.8 Å². The van der Waals surface area contributed by atoms with Crippen LogP contribution in [0.4, 0.5) is 16.4 Å². The first-order valence-electron chi connectivity index (χ1n) is 5.62. The summed E-state index contributed by atoms with van der Waals surface area (Å²) in [5.74, 6) is -1.09. The Morgan fingerprint density at radius 1 is 1.30 bits per heavy atom. The van der Waals surface area contributed by atoms with E-state index in [2.05, 4.69) is 26.0 Å². The Morgan fingerprint density at radius 2 is 2.05 bits per heavy atom. The number of carboxylic acid groups (broad SMARTS) is 1. The number of rotatable bonds is 3. The van der Waals surface area contributed by atoms with E-state index in [0.717, 1.165) is 0 Å². The topological polar surface area (TPSA) is 122 Å². The first-order valence-corrected chi connectivity index (χ1v) is 5.62. The van der Waals surface area contributed by atoms with Crippen molar-refractivity contribution in [3.8, 4) is 0 Å².